The number of fused-ring (bicyclic) bond motifs is 1. The molecule has 0 bridgehead atoms. The van der Waals surface area contributed by atoms with Crippen molar-refractivity contribution in [1.82, 2.24) is 0 Å². The molecule has 2 saturated heterocycles. The van der Waals surface area contributed by atoms with Gasteiger partial charge in [0.1, 0.15) is 64.8 Å². The number of hydrogen-bond acceptors (Lipinski definition) is 14. The average Bonchev–Trinajstić information content (AvgIpc) is 2.93. The van der Waals surface area contributed by atoms with Gasteiger partial charge in [0.15, 0.2) is 5.76 Å². The number of benzene rings is 2. The van der Waals surface area contributed by atoms with Crippen LogP contribution in [0.1, 0.15) is 13.8 Å². The van der Waals surface area contributed by atoms with Crippen LogP contribution in [0.25, 0.3) is 22.3 Å². The molecule has 0 unspecified atom stereocenters. The highest BCUT2D eigenvalue weighted by molar-refractivity contribution is 5.88. The van der Waals surface area contributed by atoms with Crippen LogP contribution >= 0.6 is 0 Å². The van der Waals surface area contributed by atoms with E-state index in [1.165, 1.54) is 44.2 Å². The number of aliphatic hydroxyl groups is 6. The van der Waals surface area contributed by atoms with Gasteiger partial charge in [-0.1, -0.05) is 0 Å². The zero-order valence-electron chi connectivity index (χ0n) is 21.8. The highest BCUT2D eigenvalue weighted by Crippen LogP contribution is 2.38. The van der Waals surface area contributed by atoms with Crippen molar-refractivity contribution < 1.29 is 64.2 Å². The van der Waals surface area contributed by atoms with E-state index in [1.807, 2.05) is 0 Å². The minimum absolute atomic E-state index is 0.0859. The summed E-state index contributed by atoms with van der Waals surface area (Å²) in [7, 11) is 0. The Morgan fingerprint density at radius 2 is 1.24 bits per heavy atom. The zero-order chi connectivity index (χ0) is 29.7. The van der Waals surface area contributed by atoms with Crippen molar-refractivity contribution in [2.24, 2.45) is 0 Å². The molecule has 0 saturated carbocycles. The maximum absolute atomic E-state index is 13.7. The maximum Gasteiger partial charge on any atom is 0.239 e. The van der Waals surface area contributed by atoms with Crippen molar-refractivity contribution in [2.45, 2.75) is 75.3 Å². The van der Waals surface area contributed by atoms with E-state index >= 15 is 0 Å². The van der Waals surface area contributed by atoms with Crippen LogP contribution in [0.4, 0.5) is 0 Å². The Bertz CT molecular complexity index is 1460. The van der Waals surface area contributed by atoms with Gasteiger partial charge in [0.2, 0.25) is 23.8 Å². The molecule has 1 aromatic heterocycles. The first kappa shape index (κ1) is 29.0. The Labute approximate surface area is 231 Å². The topological polar surface area (TPSA) is 229 Å². The molecule has 3 heterocycles. The average molecular weight is 579 g/mol. The van der Waals surface area contributed by atoms with E-state index in [0.29, 0.717) is 0 Å². The van der Waals surface area contributed by atoms with Crippen LogP contribution in [0, 0.1) is 0 Å². The second-order valence-corrected chi connectivity index (χ2v) is 10.1. The first-order valence-corrected chi connectivity index (χ1v) is 12.7. The van der Waals surface area contributed by atoms with Gasteiger partial charge >= 0.3 is 0 Å². The summed E-state index contributed by atoms with van der Waals surface area (Å²) < 4.78 is 28.2. The molecule has 8 N–H and O–H groups in total. The second-order valence-electron chi connectivity index (χ2n) is 10.1. The molecule has 222 valence electrons. The molecule has 2 fully saturated rings. The van der Waals surface area contributed by atoms with Crippen molar-refractivity contribution in [3.63, 3.8) is 0 Å². The minimum Gasteiger partial charge on any atom is -0.508 e. The molecule has 10 atom stereocenters. The number of phenols is 2. The van der Waals surface area contributed by atoms with Gasteiger partial charge in [-0.15, -0.1) is 0 Å². The van der Waals surface area contributed by atoms with Gasteiger partial charge in [-0.2, -0.15) is 0 Å². The van der Waals surface area contributed by atoms with Gasteiger partial charge in [-0.05, 0) is 38.1 Å². The van der Waals surface area contributed by atoms with Gasteiger partial charge < -0.3 is 64.2 Å². The molecule has 2 aliphatic rings. The number of hydrogen-bond donors (Lipinski definition) is 8. The Kier molecular flexibility index (Phi) is 7.84. The first-order chi connectivity index (χ1) is 19.4. The lowest BCUT2D eigenvalue weighted by atomic mass is 10.00. The molecule has 14 heteroatoms. The normalized spacial score (nSPS) is 34.0. The molecular formula is C27H30O14. The summed E-state index contributed by atoms with van der Waals surface area (Å²) in [6.07, 6.45) is -14.3. The molecule has 3 aromatic rings. The number of ether oxygens (including phenoxy) is 4. The van der Waals surface area contributed by atoms with Crippen LogP contribution < -0.4 is 14.9 Å². The SMILES string of the molecule is C[C@@H]1O[C@@H](Oc2cc(O)c3c(=O)c(O[C@@H]4O[C@@H](C)[C@H](O)[C@H](O)[C@H]4O)c(-c4ccc(O)cc4)oc3c2)[C@H](O)[C@@H](O)[C@H]1O. The Morgan fingerprint density at radius 1 is 0.707 bits per heavy atom. The predicted octanol–water partition coefficient (Wildman–Crippen LogP) is -0.716. The van der Waals surface area contributed by atoms with Crippen LogP contribution in [0.5, 0.6) is 23.0 Å². The fourth-order valence-electron chi connectivity index (χ4n) is 4.71. The molecule has 41 heavy (non-hydrogen) atoms. The van der Waals surface area contributed by atoms with Crippen LogP contribution in [-0.4, -0.2) is 102 Å². The number of aromatic hydroxyl groups is 2. The van der Waals surface area contributed by atoms with Crippen LogP contribution in [0.15, 0.2) is 45.6 Å². The van der Waals surface area contributed by atoms with Crippen molar-refractivity contribution >= 4 is 11.0 Å². The summed E-state index contributed by atoms with van der Waals surface area (Å²) in [5.74, 6) is -1.55. The van der Waals surface area contributed by atoms with E-state index in [1.54, 1.807) is 0 Å². The minimum atomic E-state index is -1.76. The van der Waals surface area contributed by atoms with Gasteiger partial charge in [0, 0.05) is 17.7 Å². The number of rotatable bonds is 5. The van der Waals surface area contributed by atoms with E-state index in [9.17, 15) is 45.6 Å². The molecule has 0 aliphatic carbocycles. The molecule has 5 rings (SSSR count). The van der Waals surface area contributed by atoms with Crippen molar-refractivity contribution in [1.29, 1.82) is 0 Å². The quantitative estimate of drug-likeness (QED) is 0.187. The third-order valence-electron chi connectivity index (χ3n) is 7.14. The molecular weight excluding hydrogens is 548 g/mol. The predicted molar refractivity (Wildman–Crippen MR) is 137 cm³/mol. The molecule has 0 amide bonds. The third kappa shape index (κ3) is 5.31. The van der Waals surface area contributed by atoms with Crippen molar-refractivity contribution in [3.05, 3.63) is 46.6 Å². The van der Waals surface area contributed by atoms with Gasteiger partial charge in [-0.3, -0.25) is 4.79 Å². The first-order valence-electron chi connectivity index (χ1n) is 12.7. The molecule has 14 nitrogen and oxygen atoms in total. The fraction of sp³-hybridized carbons (Fsp3) is 0.444. The summed E-state index contributed by atoms with van der Waals surface area (Å²) in [6, 6.07) is 7.71. The summed E-state index contributed by atoms with van der Waals surface area (Å²) in [4.78, 5) is 13.7. The van der Waals surface area contributed by atoms with Crippen LogP contribution in [-0.2, 0) is 9.47 Å². The van der Waals surface area contributed by atoms with E-state index in [4.69, 9.17) is 23.4 Å². The smallest absolute Gasteiger partial charge is 0.239 e. The number of aliphatic hydroxyl groups excluding tert-OH is 6. The molecule has 0 spiro atoms. The van der Waals surface area contributed by atoms with Gasteiger partial charge in [0.25, 0.3) is 0 Å². The van der Waals surface area contributed by atoms with E-state index in [-0.39, 0.29) is 33.8 Å². The second kappa shape index (κ2) is 11.1. The monoisotopic (exact) mass is 578 g/mol. The molecule has 2 aliphatic heterocycles. The van der Waals surface area contributed by atoms with Crippen LogP contribution in [0.3, 0.4) is 0 Å². The summed E-state index contributed by atoms with van der Waals surface area (Å²) in [6.45, 7) is 2.90. The Morgan fingerprint density at radius 3 is 1.80 bits per heavy atom. The Hall–Kier alpha value is -3.47. The highest BCUT2D eigenvalue weighted by atomic mass is 16.7. The fourth-order valence-corrected chi connectivity index (χ4v) is 4.71. The lowest BCUT2D eigenvalue weighted by Gasteiger charge is -2.39. The zero-order valence-corrected chi connectivity index (χ0v) is 21.8. The number of phenolic OH excluding ortho intramolecular Hbond substituents is 2. The maximum atomic E-state index is 13.7. The standard InChI is InChI=1S/C27H30O14/c1-9-17(30)20(33)22(35)26(37-9)39-13-7-14(29)16-15(8-13)40-24(11-3-5-12(28)6-4-11)25(19(16)32)41-27-23(36)21(34)18(31)10(2)38-27/h3-10,17-18,20-23,26-31,33-36H,1-2H3/t9-,10-,17-,18-,20-,21-,22+,23+,26-,27-/m0/s1. The van der Waals surface area contributed by atoms with Gasteiger partial charge in [-0.25, -0.2) is 0 Å². The lowest BCUT2D eigenvalue weighted by Crippen LogP contribution is -2.58. The Balaban J connectivity index is 1.58. The van der Waals surface area contributed by atoms with Gasteiger partial charge in [0.05, 0.1) is 12.2 Å². The van der Waals surface area contributed by atoms with E-state index < -0.39 is 78.3 Å². The third-order valence-corrected chi connectivity index (χ3v) is 7.14. The summed E-state index contributed by atoms with van der Waals surface area (Å²) in [5, 5.41) is 81.1. The highest BCUT2D eigenvalue weighted by Gasteiger charge is 2.45. The van der Waals surface area contributed by atoms with Crippen molar-refractivity contribution in [2.75, 3.05) is 0 Å². The summed E-state index contributed by atoms with van der Waals surface area (Å²) in [5.41, 5.74) is -0.865. The molecule has 0 radical (unpaired) electrons. The largest absolute Gasteiger partial charge is 0.508 e. The summed E-state index contributed by atoms with van der Waals surface area (Å²) >= 11 is 0. The van der Waals surface area contributed by atoms with E-state index in [2.05, 4.69) is 0 Å². The molecule has 2 aromatic carbocycles. The lowest BCUT2D eigenvalue weighted by molar-refractivity contribution is -0.268. The van der Waals surface area contributed by atoms with E-state index in [0.717, 1.165) is 6.07 Å². The van der Waals surface area contributed by atoms with Crippen molar-refractivity contribution in [3.8, 4) is 34.3 Å². The van der Waals surface area contributed by atoms with Crippen LogP contribution in [0.2, 0.25) is 0 Å².